The number of nitro groups is 1. The third-order valence-corrected chi connectivity index (χ3v) is 5.16. The van der Waals surface area contributed by atoms with Gasteiger partial charge in [-0.1, -0.05) is 6.07 Å². The van der Waals surface area contributed by atoms with Crippen molar-refractivity contribution in [3.8, 4) is 0 Å². The van der Waals surface area contributed by atoms with E-state index in [1.165, 1.54) is 17.0 Å². The second kappa shape index (κ2) is 7.98. The van der Waals surface area contributed by atoms with Crippen molar-refractivity contribution in [2.24, 2.45) is 0 Å². The van der Waals surface area contributed by atoms with Crippen molar-refractivity contribution in [3.63, 3.8) is 0 Å². The molecule has 1 saturated heterocycles. The Kier molecular flexibility index (Phi) is 5.49. The fraction of sp³-hybridized carbons (Fsp3) is 0.353. The first kappa shape index (κ1) is 17.2. The van der Waals surface area contributed by atoms with Crippen LogP contribution in [0.5, 0.6) is 0 Å². The highest BCUT2D eigenvalue weighted by Crippen LogP contribution is 2.20. The molecule has 1 aliphatic rings. The van der Waals surface area contributed by atoms with Gasteiger partial charge in [-0.2, -0.15) is 0 Å². The number of thiophene rings is 1. The average molecular weight is 360 g/mol. The van der Waals surface area contributed by atoms with Gasteiger partial charge in [0.15, 0.2) is 0 Å². The van der Waals surface area contributed by atoms with Crippen molar-refractivity contribution in [3.05, 3.63) is 56.8 Å². The molecule has 25 heavy (non-hydrogen) atoms. The second-order valence-electron chi connectivity index (χ2n) is 5.81. The van der Waals surface area contributed by atoms with E-state index >= 15 is 0 Å². The number of anilines is 1. The molecule has 3 rings (SSSR count). The summed E-state index contributed by atoms with van der Waals surface area (Å²) >= 11 is 1.70. The summed E-state index contributed by atoms with van der Waals surface area (Å²) in [5.41, 5.74) is 1.04. The van der Waals surface area contributed by atoms with Crippen LogP contribution < -0.4 is 10.2 Å². The number of hydrogen-bond acceptors (Lipinski definition) is 5. The molecule has 0 saturated carbocycles. The van der Waals surface area contributed by atoms with Crippen LogP contribution in [0.2, 0.25) is 0 Å². The number of nitrogens with zero attached hydrogens (tertiary/aromatic N) is 3. The third-order valence-electron chi connectivity index (χ3n) is 4.22. The molecular weight excluding hydrogens is 340 g/mol. The largest absolute Gasteiger partial charge is 0.368 e. The van der Waals surface area contributed by atoms with Crippen LogP contribution in [-0.2, 0) is 6.42 Å². The number of urea groups is 1. The van der Waals surface area contributed by atoms with E-state index in [1.807, 2.05) is 16.3 Å². The van der Waals surface area contributed by atoms with Crippen molar-refractivity contribution < 1.29 is 9.72 Å². The van der Waals surface area contributed by atoms with E-state index in [-0.39, 0.29) is 11.7 Å². The summed E-state index contributed by atoms with van der Waals surface area (Å²) in [5.74, 6) is 0. The zero-order valence-electron chi connectivity index (χ0n) is 13.8. The maximum absolute atomic E-state index is 12.2. The SMILES string of the molecule is O=C(NCCc1cccs1)N1CCN(c2ccc([N+](=O)[O-])cc2)CC1. The van der Waals surface area contributed by atoms with Gasteiger partial charge in [0.05, 0.1) is 4.92 Å². The molecule has 1 aromatic carbocycles. The number of nitro benzene ring substituents is 1. The third kappa shape index (κ3) is 4.48. The van der Waals surface area contributed by atoms with E-state index in [9.17, 15) is 14.9 Å². The van der Waals surface area contributed by atoms with Gasteiger partial charge in [0.2, 0.25) is 0 Å². The zero-order valence-corrected chi connectivity index (χ0v) is 14.6. The molecule has 8 heteroatoms. The second-order valence-corrected chi connectivity index (χ2v) is 6.84. The van der Waals surface area contributed by atoms with E-state index in [2.05, 4.69) is 16.3 Å². The number of rotatable bonds is 5. The summed E-state index contributed by atoms with van der Waals surface area (Å²) in [5, 5.41) is 15.7. The van der Waals surface area contributed by atoms with Crippen LogP contribution in [-0.4, -0.2) is 48.6 Å². The molecular formula is C17H20N4O3S. The Labute approximate surface area is 150 Å². The highest BCUT2D eigenvalue weighted by molar-refractivity contribution is 7.09. The topological polar surface area (TPSA) is 78.7 Å². The number of hydrogen-bond donors (Lipinski definition) is 1. The maximum Gasteiger partial charge on any atom is 0.317 e. The lowest BCUT2D eigenvalue weighted by Crippen LogP contribution is -2.52. The number of piperazine rings is 1. The molecule has 0 spiro atoms. The van der Waals surface area contributed by atoms with Crippen molar-refractivity contribution >= 4 is 28.7 Å². The molecule has 1 N–H and O–H groups in total. The lowest BCUT2D eigenvalue weighted by atomic mass is 10.2. The number of carbonyl (C=O) groups is 1. The van der Waals surface area contributed by atoms with Crippen molar-refractivity contribution in [1.82, 2.24) is 10.2 Å². The van der Waals surface area contributed by atoms with Crippen LogP contribution in [0.4, 0.5) is 16.2 Å². The molecule has 7 nitrogen and oxygen atoms in total. The minimum atomic E-state index is -0.401. The monoisotopic (exact) mass is 360 g/mol. The molecule has 1 aromatic heterocycles. The number of nitrogens with one attached hydrogen (secondary N) is 1. The number of benzene rings is 1. The number of amides is 2. The summed E-state index contributed by atoms with van der Waals surface area (Å²) in [6.07, 6.45) is 0.853. The van der Waals surface area contributed by atoms with E-state index in [0.717, 1.165) is 25.2 Å². The minimum absolute atomic E-state index is 0.0279. The van der Waals surface area contributed by atoms with Crippen molar-refractivity contribution in [1.29, 1.82) is 0 Å². The fourth-order valence-corrected chi connectivity index (χ4v) is 3.52. The van der Waals surface area contributed by atoms with E-state index < -0.39 is 4.92 Å². The molecule has 2 heterocycles. The van der Waals surface area contributed by atoms with Gasteiger partial charge in [-0.25, -0.2) is 4.79 Å². The Morgan fingerprint density at radius 2 is 1.88 bits per heavy atom. The van der Waals surface area contributed by atoms with Crippen molar-refractivity contribution in [2.75, 3.05) is 37.6 Å². The van der Waals surface area contributed by atoms with E-state index in [4.69, 9.17) is 0 Å². The molecule has 0 bridgehead atoms. The Balaban J connectivity index is 1.44. The highest BCUT2D eigenvalue weighted by Gasteiger charge is 2.21. The Hall–Kier alpha value is -2.61. The fourth-order valence-electron chi connectivity index (χ4n) is 2.81. The average Bonchev–Trinajstić information content (AvgIpc) is 3.15. The summed E-state index contributed by atoms with van der Waals surface area (Å²) in [4.78, 5) is 27.7. The van der Waals surface area contributed by atoms with E-state index in [1.54, 1.807) is 23.5 Å². The standard InChI is InChI=1S/C17H20N4O3S/c22-17(18-8-7-16-2-1-13-25-16)20-11-9-19(10-12-20)14-3-5-15(6-4-14)21(23)24/h1-6,13H,7-12H2,(H,18,22). The molecule has 0 radical (unpaired) electrons. The van der Waals surface area contributed by atoms with Gasteiger partial charge in [0, 0.05) is 55.4 Å². The van der Waals surface area contributed by atoms with Gasteiger partial charge in [0.25, 0.3) is 5.69 Å². The Morgan fingerprint density at radius 3 is 2.48 bits per heavy atom. The molecule has 132 valence electrons. The molecule has 0 unspecified atom stereocenters. The van der Waals surface area contributed by atoms with Crippen LogP contribution in [0.15, 0.2) is 41.8 Å². The quantitative estimate of drug-likeness (QED) is 0.657. The summed E-state index contributed by atoms with van der Waals surface area (Å²) in [7, 11) is 0. The molecule has 1 fully saturated rings. The zero-order chi connectivity index (χ0) is 17.6. The van der Waals surface area contributed by atoms with Crippen LogP contribution >= 0.6 is 11.3 Å². The molecule has 0 aliphatic carbocycles. The molecule has 0 atom stereocenters. The maximum atomic E-state index is 12.2. The summed E-state index contributed by atoms with van der Waals surface area (Å²) < 4.78 is 0. The lowest BCUT2D eigenvalue weighted by molar-refractivity contribution is -0.384. The van der Waals surface area contributed by atoms with Gasteiger partial charge in [-0.15, -0.1) is 11.3 Å². The van der Waals surface area contributed by atoms with Gasteiger partial charge in [-0.05, 0) is 30.0 Å². The summed E-state index contributed by atoms with van der Waals surface area (Å²) in [6.45, 7) is 3.36. The van der Waals surface area contributed by atoms with Crippen LogP contribution in [0.3, 0.4) is 0 Å². The first-order valence-electron chi connectivity index (χ1n) is 8.18. The Bertz CT molecular complexity index is 710. The highest BCUT2D eigenvalue weighted by atomic mass is 32.1. The summed E-state index contributed by atoms with van der Waals surface area (Å²) in [6, 6.07) is 10.6. The van der Waals surface area contributed by atoms with Crippen LogP contribution in [0, 0.1) is 10.1 Å². The van der Waals surface area contributed by atoms with Crippen molar-refractivity contribution in [2.45, 2.75) is 6.42 Å². The Morgan fingerprint density at radius 1 is 1.16 bits per heavy atom. The number of carbonyl (C=O) groups excluding carboxylic acids is 1. The first-order valence-corrected chi connectivity index (χ1v) is 9.06. The lowest BCUT2D eigenvalue weighted by Gasteiger charge is -2.36. The van der Waals surface area contributed by atoms with Gasteiger partial charge >= 0.3 is 6.03 Å². The minimum Gasteiger partial charge on any atom is -0.368 e. The first-order chi connectivity index (χ1) is 12.1. The molecule has 2 amide bonds. The molecule has 2 aromatic rings. The molecule has 1 aliphatic heterocycles. The predicted molar refractivity (Wildman–Crippen MR) is 98.3 cm³/mol. The van der Waals surface area contributed by atoms with Crippen LogP contribution in [0.1, 0.15) is 4.88 Å². The van der Waals surface area contributed by atoms with Gasteiger partial charge in [-0.3, -0.25) is 10.1 Å². The normalized spacial score (nSPS) is 14.4. The predicted octanol–water partition coefficient (Wildman–Crippen LogP) is 2.73. The smallest absolute Gasteiger partial charge is 0.317 e. The van der Waals surface area contributed by atoms with Crippen LogP contribution in [0.25, 0.3) is 0 Å². The van der Waals surface area contributed by atoms with E-state index in [0.29, 0.717) is 19.6 Å². The number of non-ortho nitro benzene ring substituents is 1. The van der Waals surface area contributed by atoms with Gasteiger partial charge < -0.3 is 15.1 Å². The van der Waals surface area contributed by atoms with Gasteiger partial charge in [0.1, 0.15) is 0 Å².